The number of hydrogen-bond donors (Lipinski definition) is 0. The zero-order valence-electron chi connectivity index (χ0n) is 11.8. The Morgan fingerprint density at radius 3 is 2.60 bits per heavy atom. The predicted molar refractivity (Wildman–Crippen MR) is 84.8 cm³/mol. The number of allylic oxidation sites excluding steroid dienone is 3. The van der Waals surface area contributed by atoms with Gasteiger partial charge in [0.15, 0.2) is 0 Å². The Morgan fingerprint density at radius 1 is 1.20 bits per heavy atom. The molecule has 0 bridgehead atoms. The number of nitrogens with zero attached hydrogens (tertiary/aromatic N) is 2. The molecular formula is C18H18N2. The maximum atomic E-state index is 4.66. The summed E-state index contributed by atoms with van der Waals surface area (Å²) in [4.78, 5) is 0. The molecule has 0 amide bonds. The predicted octanol–water partition coefficient (Wildman–Crippen LogP) is 4.42. The van der Waals surface area contributed by atoms with Crippen LogP contribution in [-0.2, 0) is 6.42 Å². The van der Waals surface area contributed by atoms with E-state index in [9.17, 15) is 0 Å². The molecule has 1 aliphatic carbocycles. The zero-order valence-corrected chi connectivity index (χ0v) is 11.8. The Balaban J connectivity index is 1.91. The Hall–Kier alpha value is -2.35. The van der Waals surface area contributed by atoms with Gasteiger partial charge in [-0.25, -0.2) is 4.68 Å². The first-order valence-electron chi connectivity index (χ1n) is 6.86. The monoisotopic (exact) mass is 262 g/mol. The van der Waals surface area contributed by atoms with E-state index < -0.39 is 0 Å². The van der Waals surface area contributed by atoms with Gasteiger partial charge < -0.3 is 0 Å². The van der Waals surface area contributed by atoms with Gasteiger partial charge in [0.2, 0.25) is 0 Å². The summed E-state index contributed by atoms with van der Waals surface area (Å²) in [6, 6.07) is 8.29. The highest BCUT2D eigenvalue weighted by molar-refractivity contribution is 5.76. The van der Waals surface area contributed by atoms with Crippen molar-refractivity contribution in [2.75, 3.05) is 0 Å². The SMILES string of the molecule is C=C(C)C(=C)c1ccc(-n2cc3c(n2)CCC=C3)cc1. The molecule has 1 aromatic heterocycles. The van der Waals surface area contributed by atoms with E-state index in [-0.39, 0.29) is 0 Å². The third-order valence-corrected chi connectivity index (χ3v) is 3.66. The van der Waals surface area contributed by atoms with Crippen LogP contribution in [0.1, 0.15) is 30.2 Å². The fraction of sp³-hybridized carbons (Fsp3) is 0.167. The number of benzene rings is 1. The first-order valence-corrected chi connectivity index (χ1v) is 6.86. The summed E-state index contributed by atoms with van der Waals surface area (Å²) in [5, 5.41) is 4.66. The van der Waals surface area contributed by atoms with Gasteiger partial charge in [-0.1, -0.05) is 43.0 Å². The van der Waals surface area contributed by atoms with Gasteiger partial charge in [0.05, 0.1) is 11.4 Å². The molecule has 2 nitrogen and oxygen atoms in total. The summed E-state index contributed by atoms with van der Waals surface area (Å²) in [5.74, 6) is 0. The van der Waals surface area contributed by atoms with Crippen molar-refractivity contribution < 1.29 is 0 Å². The van der Waals surface area contributed by atoms with Crippen molar-refractivity contribution in [1.29, 1.82) is 0 Å². The molecule has 100 valence electrons. The minimum absolute atomic E-state index is 0.985. The molecule has 0 saturated carbocycles. The molecule has 1 aliphatic rings. The average Bonchev–Trinajstić information content (AvgIpc) is 2.90. The van der Waals surface area contributed by atoms with E-state index in [1.54, 1.807) is 0 Å². The van der Waals surface area contributed by atoms with Crippen LogP contribution in [-0.4, -0.2) is 9.78 Å². The van der Waals surface area contributed by atoms with Crippen molar-refractivity contribution >= 4 is 11.6 Å². The van der Waals surface area contributed by atoms with Gasteiger partial charge in [0.25, 0.3) is 0 Å². The second-order valence-electron chi connectivity index (χ2n) is 5.22. The molecule has 0 N–H and O–H groups in total. The molecule has 0 fully saturated rings. The second-order valence-corrected chi connectivity index (χ2v) is 5.22. The third kappa shape index (κ3) is 2.25. The van der Waals surface area contributed by atoms with Gasteiger partial charge in [-0.3, -0.25) is 0 Å². The van der Waals surface area contributed by atoms with Crippen molar-refractivity contribution in [2.24, 2.45) is 0 Å². The quantitative estimate of drug-likeness (QED) is 0.749. The van der Waals surface area contributed by atoms with Crippen LogP contribution in [0.3, 0.4) is 0 Å². The van der Waals surface area contributed by atoms with Gasteiger partial charge in [-0.05, 0) is 43.0 Å². The largest absolute Gasteiger partial charge is 0.240 e. The molecule has 0 aliphatic heterocycles. The van der Waals surface area contributed by atoms with Crippen molar-refractivity contribution in [2.45, 2.75) is 19.8 Å². The Morgan fingerprint density at radius 2 is 1.95 bits per heavy atom. The van der Waals surface area contributed by atoms with Crippen LogP contribution in [0.5, 0.6) is 0 Å². The van der Waals surface area contributed by atoms with Crippen LogP contribution >= 0.6 is 0 Å². The summed E-state index contributed by atoms with van der Waals surface area (Å²) >= 11 is 0. The highest BCUT2D eigenvalue weighted by Crippen LogP contribution is 2.23. The summed E-state index contributed by atoms with van der Waals surface area (Å²) < 4.78 is 1.95. The summed E-state index contributed by atoms with van der Waals surface area (Å²) in [5.41, 5.74) is 6.58. The number of rotatable bonds is 3. The van der Waals surface area contributed by atoms with Gasteiger partial charge in [-0.15, -0.1) is 0 Å². The average molecular weight is 262 g/mol. The van der Waals surface area contributed by atoms with E-state index in [4.69, 9.17) is 0 Å². The molecule has 0 radical (unpaired) electrons. The van der Waals surface area contributed by atoms with Gasteiger partial charge in [0.1, 0.15) is 0 Å². The third-order valence-electron chi connectivity index (χ3n) is 3.66. The van der Waals surface area contributed by atoms with Gasteiger partial charge in [0, 0.05) is 11.8 Å². The molecule has 1 aromatic carbocycles. The fourth-order valence-corrected chi connectivity index (χ4v) is 2.38. The van der Waals surface area contributed by atoms with E-state index in [2.05, 4.69) is 60.9 Å². The molecule has 20 heavy (non-hydrogen) atoms. The molecule has 2 aromatic rings. The summed E-state index contributed by atoms with van der Waals surface area (Å²) in [7, 11) is 0. The van der Waals surface area contributed by atoms with E-state index in [1.807, 2.05) is 11.6 Å². The van der Waals surface area contributed by atoms with Crippen molar-refractivity contribution in [3.8, 4) is 5.69 Å². The lowest BCUT2D eigenvalue weighted by Crippen LogP contribution is -1.97. The molecule has 0 spiro atoms. The van der Waals surface area contributed by atoms with Crippen molar-refractivity contribution in [3.63, 3.8) is 0 Å². The van der Waals surface area contributed by atoms with E-state index >= 15 is 0 Å². The maximum Gasteiger partial charge on any atom is 0.0704 e. The fourth-order valence-electron chi connectivity index (χ4n) is 2.38. The number of aryl methyl sites for hydroxylation is 1. The lowest BCUT2D eigenvalue weighted by atomic mass is 10.0. The highest BCUT2D eigenvalue weighted by atomic mass is 15.3. The molecule has 1 heterocycles. The molecular weight excluding hydrogens is 244 g/mol. The molecule has 2 heteroatoms. The van der Waals surface area contributed by atoms with Crippen LogP contribution in [0.25, 0.3) is 17.3 Å². The van der Waals surface area contributed by atoms with E-state index in [0.29, 0.717) is 0 Å². The van der Waals surface area contributed by atoms with Crippen LogP contribution < -0.4 is 0 Å². The first kappa shape index (κ1) is 12.7. The lowest BCUT2D eigenvalue weighted by molar-refractivity contribution is 0.823. The molecule has 0 unspecified atom stereocenters. The molecule has 3 rings (SSSR count). The number of fused-ring (bicyclic) bond motifs is 1. The molecule has 0 atom stereocenters. The Labute approximate surface area is 119 Å². The standard InChI is InChI=1S/C18H18N2/c1-13(2)14(3)15-8-10-17(11-9-15)20-12-16-6-4-5-7-18(16)19-20/h4,6,8-12H,1,3,5,7H2,2H3. The van der Waals surface area contributed by atoms with Crippen LogP contribution in [0, 0.1) is 0 Å². The van der Waals surface area contributed by atoms with Crippen molar-refractivity contribution in [3.05, 3.63) is 72.1 Å². The van der Waals surface area contributed by atoms with Crippen molar-refractivity contribution in [1.82, 2.24) is 9.78 Å². The summed E-state index contributed by atoms with van der Waals surface area (Å²) in [6.45, 7) is 9.96. The highest BCUT2D eigenvalue weighted by Gasteiger charge is 2.10. The number of hydrogen-bond acceptors (Lipinski definition) is 1. The maximum absolute atomic E-state index is 4.66. The van der Waals surface area contributed by atoms with Crippen LogP contribution in [0.15, 0.2) is 55.3 Å². The van der Waals surface area contributed by atoms with Gasteiger partial charge >= 0.3 is 0 Å². The Bertz CT molecular complexity index is 700. The number of aromatic nitrogens is 2. The van der Waals surface area contributed by atoms with E-state index in [1.165, 1.54) is 11.3 Å². The second kappa shape index (κ2) is 4.97. The smallest absolute Gasteiger partial charge is 0.0704 e. The normalized spacial score (nSPS) is 13.1. The molecule has 0 saturated heterocycles. The topological polar surface area (TPSA) is 17.8 Å². The minimum Gasteiger partial charge on any atom is -0.240 e. The Kier molecular flexibility index (Phi) is 3.15. The lowest BCUT2D eigenvalue weighted by Gasteiger charge is -2.07. The van der Waals surface area contributed by atoms with Crippen LogP contribution in [0.4, 0.5) is 0 Å². The zero-order chi connectivity index (χ0) is 14.1. The summed E-state index contributed by atoms with van der Waals surface area (Å²) in [6.07, 6.45) is 8.56. The minimum atomic E-state index is 0.985. The first-order chi connectivity index (χ1) is 9.65. The van der Waals surface area contributed by atoms with Gasteiger partial charge in [-0.2, -0.15) is 5.10 Å². The van der Waals surface area contributed by atoms with E-state index in [0.717, 1.165) is 35.2 Å². The van der Waals surface area contributed by atoms with Crippen LogP contribution in [0.2, 0.25) is 0 Å².